The Morgan fingerprint density at radius 2 is 1.88 bits per heavy atom. The van der Waals surface area contributed by atoms with Gasteiger partial charge in [-0.2, -0.15) is 0 Å². The summed E-state index contributed by atoms with van der Waals surface area (Å²) in [6.45, 7) is 3.94. The van der Waals surface area contributed by atoms with Gasteiger partial charge in [0, 0.05) is 49.6 Å². The van der Waals surface area contributed by atoms with Gasteiger partial charge >= 0.3 is 0 Å². The maximum Gasteiger partial charge on any atom is 0.251 e. The molecular weight excluding hydrogens is 326 g/mol. The molecule has 136 valence electrons. The number of carbonyl (C=O) groups is 1. The van der Waals surface area contributed by atoms with Crippen LogP contribution in [0.5, 0.6) is 5.75 Å². The lowest BCUT2D eigenvalue weighted by Gasteiger charge is -2.36. The van der Waals surface area contributed by atoms with Crippen LogP contribution in [-0.2, 0) is 0 Å². The van der Waals surface area contributed by atoms with Gasteiger partial charge in [0.1, 0.15) is 5.75 Å². The van der Waals surface area contributed by atoms with Crippen LogP contribution in [0.2, 0.25) is 0 Å². The van der Waals surface area contributed by atoms with Gasteiger partial charge in [0.2, 0.25) is 0 Å². The lowest BCUT2D eigenvalue weighted by molar-refractivity contribution is 0.0906. The molecule has 2 aromatic rings. The average Bonchev–Trinajstić information content (AvgIpc) is 2.70. The van der Waals surface area contributed by atoms with Gasteiger partial charge in [0.25, 0.3) is 5.91 Å². The van der Waals surface area contributed by atoms with Gasteiger partial charge in [-0.1, -0.05) is 18.2 Å². The third kappa shape index (κ3) is 3.88. The second kappa shape index (κ2) is 7.87. The van der Waals surface area contributed by atoms with Crippen molar-refractivity contribution in [2.45, 2.75) is 31.2 Å². The molecule has 1 saturated heterocycles. The molecule has 1 unspecified atom stereocenters. The van der Waals surface area contributed by atoms with Crippen LogP contribution in [0.3, 0.4) is 0 Å². The minimum absolute atomic E-state index is 0.00390. The Labute approximate surface area is 154 Å². The van der Waals surface area contributed by atoms with Gasteiger partial charge in [0.15, 0.2) is 0 Å². The molecule has 0 spiro atoms. The van der Waals surface area contributed by atoms with Crippen molar-refractivity contribution in [3.05, 3.63) is 59.9 Å². The van der Waals surface area contributed by atoms with E-state index in [9.17, 15) is 4.79 Å². The van der Waals surface area contributed by atoms with Crippen molar-refractivity contribution >= 4 is 5.91 Å². The second-order valence-corrected chi connectivity index (χ2v) is 7.16. The molecule has 0 bridgehead atoms. The fraction of sp³-hybridized carbons (Fsp3) is 0.429. The number of benzene rings is 1. The van der Waals surface area contributed by atoms with Crippen LogP contribution >= 0.6 is 0 Å². The number of carbonyl (C=O) groups excluding carboxylic acids is 1. The van der Waals surface area contributed by atoms with Crippen LogP contribution in [-0.4, -0.2) is 48.1 Å². The Kier molecular flexibility index (Phi) is 5.16. The number of nitrogens with one attached hydrogen (secondary N) is 1. The molecule has 0 saturated carbocycles. The number of amides is 1. The predicted octanol–water partition coefficient (Wildman–Crippen LogP) is 2.84. The maximum absolute atomic E-state index is 12.3. The summed E-state index contributed by atoms with van der Waals surface area (Å²) in [7, 11) is 0. The first-order valence-electron chi connectivity index (χ1n) is 9.44. The summed E-state index contributed by atoms with van der Waals surface area (Å²) in [6.07, 6.45) is 6.39. The lowest BCUT2D eigenvalue weighted by Crippen LogP contribution is -2.45. The van der Waals surface area contributed by atoms with Crippen molar-refractivity contribution in [3.8, 4) is 5.75 Å². The van der Waals surface area contributed by atoms with Gasteiger partial charge in [-0.25, -0.2) is 0 Å². The average molecular weight is 351 g/mol. The van der Waals surface area contributed by atoms with Crippen LogP contribution in [0.1, 0.15) is 41.1 Å². The molecule has 1 aromatic carbocycles. The zero-order valence-corrected chi connectivity index (χ0v) is 14.9. The molecule has 5 heteroatoms. The van der Waals surface area contributed by atoms with E-state index in [1.807, 2.05) is 6.07 Å². The highest BCUT2D eigenvalue weighted by Crippen LogP contribution is 2.34. The zero-order valence-electron chi connectivity index (χ0n) is 14.9. The van der Waals surface area contributed by atoms with Crippen molar-refractivity contribution in [2.75, 3.05) is 26.2 Å². The molecule has 3 heterocycles. The largest absolute Gasteiger partial charge is 0.493 e. The summed E-state index contributed by atoms with van der Waals surface area (Å²) >= 11 is 0. The Bertz CT molecular complexity index is 742. The van der Waals surface area contributed by atoms with E-state index in [4.69, 9.17) is 4.74 Å². The van der Waals surface area contributed by atoms with Crippen LogP contribution in [0.25, 0.3) is 0 Å². The molecule has 0 radical (unpaired) electrons. The third-order valence-electron chi connectivity index (χ3n) is 5.43. The van der Waals surface area contributed by atoms with Crippen molar-refractivity contribution in [3.63, 3.8) is 0 Å². The summed E-state index contributed by atoms with van der Waals surface area (Å²) in [6, 6.07) is 12.2. The number of likely N-dealkylation sites (tertiary alicyclic amines) is 1. The number of rotatable bonds is 4. The first kappa shape index (κ1) is 17.0. The van der Waals surface area contributed by atoms with Gasteiger partial charge in [-0.15, -0.1) is 0 Å². The van der Waals surface area contributed by atoms with E-state index in [2.05, 4.69) is 33.4 Å². The molecular formula is C21H25N3O2. The van der Waals surface area contributed by atoms with E-state index in [0.717, 1.165) is 51.3 Å². The topological polar surface area (TPSA) is 54.5 Å². The molecule has 1 fully saturated rings. The number of ether oxygens (including phenoxy) is 1. The minimum atomic E-state index is 0.00390. The SMILES string of the molecule is O=C(NC1CCN(CC2CCOc3ccccc32)CC1)c1ccncc1. The maximum atomic E-state index is 12.3. The third-order valence-corrected chi connectivity index (χ3v) is 5.43. The van der Waals surface area contributed by atoms with E-state index in [1.54, 1.807) is 24.5 Å². The number of aromatic nitrogens is 1. The number of nitrogens with zero attached hydrogens (tertiary/aromatic N) is 2. The number of piperidine rings is 1. The lowest BCUT2D eigenvalue weighted by atomic mass is 9.91. The number of fused-ring (bicyclic) bond motifs is 1. The molecule has 1 atom stereocenters. The molecule has 2 aliphatic heterocycles. The molecule has 0 aliphatic carbocycles. The van der Waals surface area contributed by atoms with Crippen LogP contribution in [0.15, 0.2) is 48.8 Å². The van der Waals surface area contributed by atoms with E-state index < -0.39 is 0 Å². The molecule has 1 aromatic heterocycles. The summed E-state index contributed by atoms with van der Waals surface area (Å²) in [4.78, 5) is 18.8. The summed E-state index contributed by atoms with van der Waals surface area (Å²) in [5.41, 5.74) is 2.02. The molecule has 1 N–H and O–H groups in total. The number of para-hydroxylation sites is 1. The minimum Gasteiger partial charge on any atom is -0.493 e. The highest BCUT2D eigenvalue weighted by Gasteiger charge is 2.26. The van der Waals surface area contributed by atoms with E-state index in [-0.39, 0.29) is 11.9 Å². The highest BCUT2D eigenvalue weighted by molar-refractivity contribution is 5.94. The fourth-order valence-corrected chi connectivity index (χ4v) is 3.95. The summed E-state index contributed by atoms with van der Waals surface area (Å²) in [5.74, 6) is 1.59. The molecule has 1 amide bonds. The van der Waals surface area contributed by atoms with Gasteiger partial charge in [0.05, 0.1) is 6.61 Å². The van der Waals surface area contributed by atoms with Crippen LogP contribution in [0, 0.1) is 0 Å². The van der Waals surface area contributed by atoms with Crippen molar-refractivity contribution in [2.24, 2.45) is 0 Å². The zero-order chi connectivity index (χ0) is 17.8. The summed E-state index contributed by atoms with van der Waals surface area (Å²) in [5, 5.41) is 3.16. The highest BCUT2D eigenvalue weighted by atomic mass is 16.5. The summed E-state index contributed by atoms with van der Waals surface area (Å²) < 4.78 is 5.78. The van der Waals surface area contributed by atoms with Gasteiger partial charge in [-0.05, 0) is 43.0 Å². The quantitative estimate of drug-likeness (QED) is 0.920. The van der Waals surface area contributed by atoms with E-state index in [0.29, 0.717) is 11.5 Å². The van der Waals surface area contributed by atoms with Crippen LogP contribution in [0.4, 0.5) is 0 Å². The number of hydrogen-bond donors (Lipinski definition) is 1. The van der Waals surface area contributed by atoms with E-state index in [1.165, 1.54) is 5.56 Å². The molecule has 4 rings (SSSR count). The predicted molar refractivity (Wildman–Crippen MR) is 100 cm³/mol. The Balaban J connectivity index is 1.29. The van der Waals surface area contributed by atoms with Gasteiger partial charge in [-0.3, -0.25) is 9.78 Å². The number of pyridine rings is 1. The fourth-order valence-electron chi connectivity index (χ4n) is 3.95. The normalized spacial score (nSPS) is 20.8. The van der Waals surface area contributed by atoms with Crippen molar-refractivity contribution in [1.29, 1.82) is 0 Å². The Morgan fingerprint density at radius 3 is 2.69 bits per heavy atom. The van der Waals surface area contributed by atoms with E-state index >= 15 is 0 Å². The number of hydrogen-bond acceptors (Lipinski definition) is 4. The molecule has 5 nitrogen and oxygen atoms in total. The monoisotopic (exact) mass is 351 g/mol. The standard InChI is InChI=1S/C21H25N3O2/c25-21(16-5-10-22-11-6-16)23-18-7-12-24(13-8-18)15-17-9-14-26-20-4-2-1-3-19(17)20/h1-6,10-11,17-18H,7-9,12-15H2,(H,23,25). The first-order valence-corrected chi connectivity index (χ1v) is 9.44. The Morgan fingerprint density at radius 1 is 1.12 bits per heavy atom. The van der Waals surface area contributed by atoms with Crippen molar-refractivity contribution < 1.29 is 9.53 Å². The second-order valence-electron chi connectivity index (χ2n) is 7.16. The first-order chi connectivity index (χ1) is 12.8. The van der Waals surface area contributed by atoms with Crippen molar-refractivity contribution in [1.82, 2.24) is 15.2 Å². The molecule has 26 heavy (non-hydrogen) atoms. The molecule has 2 aliphatic rings. The van der Waals surface area contributed by atoms with Gasteiger partial charge < -0.3 is 15.0 Å². The Hall–Kier alpha value is -2.40. The smallest absolute Gasteiger partial charge is 0.251 e. The van der Waals surface area contributed by atoms with Crippen LogP contribution < -0.4 is 10.1 Å².